The van der Waals surface area contributed by atoms with Crippen molar-refractivity contribution >= 4 is 0 Å². The Kier molecular flexibility index (Phi) is 1.55. The molecule has 0 aliphatic carbocycles. The number of hydrogen-bond donors (Lipinski definition) is 0. The minimum atomic E-state index is -0.339. The third-order valence-electron chi connectivity index (χ3n) is 1.28. The van der Waals surface area contributed by atoms with Crippen LogP contribution in [0.4, 0.5) is 0 Å². The molecule has 50 valence electrons. The Morgan fingerprint density at radius 1 is 1.22 bits per heavy atom. The molecule has 0 aromatic rings. The van der Waals surface area contributed by atoms with Gasteiger partial charge in [0.2, 0.25) is 0 Å². The van der Waals surface area contributed by atoms with Crippen LogP contribution >= 0.6 is 0 Å². The second kappa shape index (κ2) is 2.21. The molecule has 0 saturated carbocycles. The Labute approximate surface area is 54.1 Å². The standard InChI is InChI=1S/C5H10N4/c1-3-4-5(2)6-8-9-7-5/h3-4H2,1-2H3. The summed E-state index contributed by atoms with van der Waals surface area (Å²) >= 11 is 0. The van der Waals surface area contributed by atoms with Crippen molar-refractivity contribution < 1.29 is 0 Å². The fraction of sp³-hybridized carbons (Fsp3) is 1.00. The second-order valence-electron chi connectivity index (χ2n) is 2.35. The number of hydrogen-bond acceptors (Lipinski definition) is 4. The fourth-order valence-corrected chi connectivity index (χ4v) is 0.826. The van der Waals surface area contributed by atoms with Crippen molar-refractivity contribution in [1.29, 1.82) is 0 Å². The minimum Gasteiger partial charge on any atom is -0.135 e. The highest BCUT2D eigenvalue weighted by Gasteiger charge is 2.24. The van der Waals surface area contributed by atoms with E-state index in [0.29, 0.717) is 0 Å². The summed E-state index contributed by atoms with van der Waals surface area (Å²) in [5.74, 6) is 0. The van der Waals surface area contributed by atoms with Crippen molar-refractivity contribution in [1.82, 2.24) is 0 Å². The molecule has 0 bridgehead atoms. The molecule has 0 N–H and O–H groups in total. The van der Waals surface area contributed by atoms with Crippen LogP contribution in [0.1, 0.15) is 26.7 Å². The van der Waals surface area contributed by atoms with Gasteiger partial charge in [-0.1, -0.05) is 13.3 Å². The molecule has 0 unspecified atom stereocenters. The number of rotatable bonds is 2. The van der Waals surface area contributed by atoms with Gasteiger partial charge in [-0.25, -0.2) is 0 Å². The number of nitrogens with zero attached hydrogens (tertiary/aromatic N) is 4. The molecule has 1 heterocycles. The monoisotopic (exact) mass is 126 g/mol. The summed E-state index contributed by atoms with van der Waals surface area (Å²) < 4.78 is 0. The van der Waals surface area contributed by atoms with Gasteiger partial charge in [0.1, 0.15) is 0 Å². The molecular formula is C5H10N4. The molecule has 0 saturated heterocycles. The van der Waals surface area contributed by atoms with Crippen LogP contribution in [-0.4, -0.2) is 5.66 Å². The zero-order valence-corrected chi connectivity index (χ0v) is 5.70. The van der Waals surface area contributed by atoms with E-state index in [0.717, 1.165) is 12.8 Å². The van der Waals surface area contributed by atoms with Gasteiger partial charge in [0.25, 0.3) is 0 Å². The molecule has 4 nitrogen and oxygen atoms in total. The van der Waals surface area contributed by atoms with E-state index in [1.165, 1.54) is 0 Å². The Morgan fingerprint density at radius 3 is 2.22 bits per heavy atom. The van der Waals surface area contributed by atoms with E-state index in [-0.39, 0.29) is 5.66 Å². The maximum atomic E-state index is 3.85. The smallest absolute Gasteiger partial charge is 0.135 e. The van der Waals surface area contributed by atoms with Crippen LogP contribution in [0.3, 0.4) is 0 Å². The van der Waals surface area contributed by atoms with Crippen molar-refractivity contribution in [2.75, 3.05) is 0 Å². The molecule has 4 heteroatoms. The van der Waals surface area contributed by atoms with Crippen LogP contribution in [0.2, 0.25) is 0 Å². The van der Waals surface area contributed by atoms with Crippen molar-refractivity contribution in [3.05, 3.63) is 0 Å². The van der Waals surface area contributed by atoms with Gasteiger partial charge in [0, 0.05) is 0 Å². The van der Waals surface area contributed by atoms with Crippen LogP contribution in [0.5, 0.6) is 0 Å². The Balaban J connectivity index is 2.53. The summed E-state index contributed by atoms with van der Waals surface area (Å²) in [6.07, 6.45) is 1.99. The van der Waals surface area contributed by atoms with Gasteiger partial charge in [-0.05, 0) is 23.8 Å². The van der Waals surface area contributed by atoms with Gasteiger partial charge in [-0.2, -0.15) is 0 Å². The first-order chi connectivity index (χ1) is 4.27. The SMILES string of the molecule is CCCC1(C)N=NN=N1. The molecule has 0 aromatic heterocycles. The van der Waals surface area contributed by atoms with Crippen molar-refractivity contribution in [3.8, 4) is 0 Å². The fourth-order valence-electron chi connectivity index (χ4n) is 0.826. The van der Waals surface area contributed by atoms with E-state index in [1.54, 1.807) is 0 Å². The molecule has 0 amide bonds. The average molecular weight is 126 g/mol. The third kappa shape index (κ3) is 1.31. The predicted molar refractivity (Wildman–Crippen MR) is 33.0 cm³/mol. The highest BCUT2D eigenvalue weighted by molar-refractivity contribution is 4.77. The maximum absolute atomic E-state index is 3.85. The van der Waals surface area contributed by atoms with Crippen molar-refractivity contribution in [2.45, 2.75) is 32.4 Å². The van der Waals surface area contributed by atoms with Crippen LogP contribution in [0, 0.1) is 0 Å². The highest BCUT2D eigenvalue weighted by atomic mass is 15.6. The summed E-state index contributed by atoms with van der Waals surface area (Å²) in [7, 11) is 0. The molecule has 1 rings (SSSR count). The molecular weight excluding hydrogens is 116 g/mol. The zero-order valence-electron chi connectivity index (χ0n) is 5.70. The van der Waals surface area contributed by atoms with Gasteiger partial charge in [0.15, 0.2) is 5.66 Å². The van der Waals surface area contributed by atoms with Crippen LogP contribution in [0.25, 0.3) is 0 Å². The van der Waals surface area contributed by atoms with Gasteiger partial charge in [-0.3, -0.25) is 0 Å². The average Bonchev–Trinajstić information content (AvgIpc) is 2.16. The van der Waals surface area contributed by atoms with E-state index in [2.05, 4.69) is 27.6 Å². The summed E-state index contributed by atoms with van der Waals surface area (Å²) in [4.78, 5) is 0. The molecule has 0 radical (unpaired) electrons. The second-order valence-corrected chi connectivity index (χ2v) is 2.35. The van der Waals surface area contributed by atoms with E-state index < -0.39 is 0 Å². The lowest BCUT2D eigenvalue weighted by molar-refractivity contribution is 0.445. The Bertz CT molecular complexity index is 137. The van der Waals surface area contributed by atoms with Crippen molar-refractivity contribution in [2.24, 2.45) is 20.7 Å². The zero-order chi connectivity index (χ0) is 6.74. The topological polar surface area (TPSA) is 49.4 Å². The van der Waals surface area contributed by atoms with Gasteiger partial charge >= 0.3 is 0 Å². The molecule has 9 heavy (non-hydrogen) atoms. The van der Waals surface area contributed by atoms with E-state index in [4.69, 9.17) is 0 Å². The maximum Gasteiger partial charge on any atom is 0.192 e. The van der Waals surface area contributed by atoms with E-state index in [1.807, 2.05) is 6.92 Å². The molecule has 0 fully saturated rings. The molecule has 0 spiro atoms. The summed E-state index contributed by atoms with van der Waals surface area (Å²) in [6.45, 7) is 4.02. The highest BCUT2D eigenvalue weighted by Crippen LogP contribution is 2.24. The van der Waals surface area contributed by atoms with Crippen LogP contribution in [0.15, 0.2) is 20.7 Å². The quantitative estimate of drug-likeness (QED) is 0.545. The predicted octanol–water partition coefficient (Wildman–Crippen LogP) is 2.34. The van der Waals surface area contributed by atoms with E-state index >= 15 is 0 Å². The first-order valence-corrected chi connectivity index (χ1v) is 3.11. The van der Waals surface area contributed by atoms with Gasteiger partial charge in [-0.15, -0.1) is 10.2 Å². The lowest BCUT2D eigenvalue weighted by atomic mass is 10.1. The molecule has 1 aliphatic heterocycles. The molecule has 1 aliphatic rings. The van der Waals surface area contributed by atoms with Crippen molar-refractivity contribution in [3.63, 3.8) is 0 Å². The molecule has 0 atom stereocenters. The lowest BCUT2D eigenvalue weighted by Gasteiger charge is -2.09. The summed E-state index contributed by atoms with van der Waals surface area (Å²) in [5.41, 5.74) is -0.339. The van der Waals surface area contributed by atoms with Crippen LogP contribution < -0.4 is 0 Å². The largest absolute Gasteiger partial charge is 0.192 e. The first-order valence-electron chi connectivity index (χ1n) is 3.11. The summed E-state index contributed by atoms with van der Waals surface area (Å²) in [5, 5.41) is 14.6. The Hall–Kier alpha value is -0.800. The lowest BCUT2D eigenvalue weighted by Crippen LogP contribution is -2.14. The normalized spacial score (nSPS) is 21.1. The molecule has 0 aromatic carbocycles. The van der Waals surface area contributed by atoms with Crippen LogP contribution in [-0.2, 0) is 0 Å². The first kappa shape index (κ1) is 6.32. The van der Waals surface area contributed by atoms with Gasteiger partial charge < -0.3 is 0 Å². The minimum absolute atomic E-state index is 0.339. The summed E-state index contributed by atoms with van der Waals surface area (Å²) in [6, 6.07) is 0. The third-order valence-corrected chi connectivity index (χ3v) is 1.28. The Morgan fingerprint density at radius 2 is 1.78 bits per heavy atom. The van der Waals surface area contributed by atoms with Gasteiger partial charge in [0.05, 0.1) is 0 Å². The van der Waals surface area contributed by atoms with E-state index in [9.17, 15) is 0 Å².